The minimum Gasteiger partial charge on any atom is -0.478 e. The Balaban J connectivity index is 1.94. The molecule has 0 bridgehead atoms. The highest BCUT2D eigenvalue weighted by atomic mass is 35.5. The first-order valence-electron chi connectivity index (χ1n) is 7.64. The molecule has 0 saturated carbocycles. The minimum absolute atomic E-state index is 0.00664. The molecular weight excluding hydrogens is 373 g/mol. The van der Waals surface area contributed by atoms with Gasteiger partial charge in [0.25, 0.3) is 5.91 Å². The normalized spacial score (nSPS) is 10.4. The van der Waals surface area contributed by atoms with Crippen LogP contribution in [0.25, 0.3) is 11.1 Å². The fraction of sp³-hybridized carbons (Fsp3) is 0. The van der Waals surface area contributed by atoms with Gasteiger partial charge in [0.05, 0.1) is 11.3 Å². The van der Waals surface area contributed by atoms with Crippen molar-refractivity contribution in [3.8, 4) is 11.1 Å². The number of carbonyl (C=O) groups excluding carboxylic acids is 1. The Morgan fingerprint density at radius 2 is 1.46 bits per heavy atom. The third kappa shape index (κ3) is 4.04. The first-order valence-corrected chi connectivity index (χ1v) is 8.40. The molecule has 1 amide bonds. The Bertz CT molecular complexity index is 967. The highest BCUT2D eigenvalue weighted by Crippen LogP contribution is 2.26. The molecule has 26 heavy (non-hydrogen) atoms. The first-order chi connectivity index (χ1) is 12.4. The van der Waals surface area contributed by atoms with Crippen molar-refractivity contribution in [1.29, 1.82) is 0 Å². The maximum atomic E-state index is 12.4. The number of halogens is 2. The molecule has 0 aliphatic heterocycles. The van der Waals surface area contributed by atoms with E-state index < -0.39 is 11.9 Å². The largest absolute Gasteiger partial charge is 0.478 e. The molecule has 0 fully saturated rings. The number of rotatable bonds is 4. The van der Waals surface area contributed by atoms with E-state index in [1.54, 1.807) is 12.1 Å². The molecule has 0 aliphatic carbocycles. The number of carboxylic acids is 1. The lowest BCUT2D eigenvalue weighted by atomic mass is 10.0. The fourth-order valence-corrected chi connectivity index (χ4v) is 3.05. The molecule has 0 aliphatic rings. The molecule has 4 nitrogen and oxygen atoms in total. The van der Waals surface area contributed by atoms with E-state index in [0.717, 1.165) is 11.1 Å². The van der Waals surface area contributed by atoms with Crippen LogP contribution in [0.1, 0.15) is 20.7 Å². The number of anilines is 1. The molecule has 0 spiro atoms. The van der Waals surface area contributed by atoms with Crippen molar-refractivity contribution in [3.05, 3.63) is 87.9 Å². The Morgan fingerprint density at radius 1 is 0.808 bits per heavy atom. The van der Waals surface area contributed by atoms with Crippen LogP contribution in [0.15, 0.2) is 66.7 Å². The van der Waals surface area contributed by atoms with Gasteiger partial charge in [-0.05, 0) is 41.5 Å². The quantitative estimate of drug-likeness (QED) is 0.613. The van der Waals surface area contributed by atoms with Gasteiger partial charge in [0, 0.05) is 15.6 Å². The van der Waals surface area contributed by atoms with Crippen LogP contribution in [-0.2, 0) is 0 Å². The average Bonchev–Trinajstić information content (AvgIpc) is 2.61. The molecule has 3 aromatic carbocycles. The van der Waals surface area contributed by atoms with E-state index in [1.807, 2.05) is 30.3 Å². The lowest BCUT2D eigenvalue weighted by molar-refractivity contribution is 0.0698. The van der Waals surface area contributed by atoms with E-state index in [9.17, 15) is 14.7 Å². The second kappa shape index (κ2) is 7.60. The summed E-state index contributed by atoms with van der Waals surface area (Å²) in [6.07, 6.45) is 0. The number of hydrogen-bond acceptors (Lipinski definition) is 2. The van der Waals surface area contributed by atoms with Gasteiger partial charge < -0.3 is 10.4 Å². The molecule has 0 saturated heterocycles. The first kappa shape index (κ1) is 18.0. The van der Waals surface area contributed by atoms with E-state index >= 15 is 0 Å². The van der Waals surface area contributed by atoms with Gasteiger partial charge in [-0.15, -0.1) is 0 Å². The molecule has 0 unspecified atom stereocenters. The summed E-state index contributed by atoms with van der Waals surface area (Å²) in [6.45, 7) is 0. The molecule has 3 rings (SSSR count). The summed E-state index contributed by atoms with van der Waals surface area (Å²) < 4.78 is 0. The fourth-order valence-electron chi connectivity index (χ4n) is 2.52. The summed E-state index contributed by atoms with van der Waals surface area (Å²) in [4.78, 5) is 24.1. The lowest BCUT2D eigenvalue weighted by Crippen LogP contribution is -2.15. The van der Waals surface area contributed by atoms with E-state index in [2.05, 4.69) is 5.32 Å². The minimum atomic E-state index is -1.14. The summed E-state index contributed by atoms with van der Waals surface area (Å²) >= 11 is 11.8. The van der Waals surface area contributed by atoms with E-state index in [1.165, 1.54) is 24.3 Å². The van der Waals surface area contributed by atoms with Crippen LogP contribution >= 0.6 is 23.2 Å². The van der Waals surface area contributed by atoms with Crippen LogP contribution < -0.4 is 5.32 Å². The van der Waals surface area contributed by atoms with Crippen molar-refractivity contribution < 1.29 is 14.7 Å². The maximum absolute atomic E-state index is 12.4. The van der Waals surface area contributed by atoms with Gasteiger partial charge in [-0.1, -0.05) is 59.6 Å². The Morgan fingerprint density at radius 3 is 2.08 bits per heavy atom. The zero-order chi connectivity index (χ0) is 18.7. The number of amides is 1. The van der Waals surface area contributed by atoms with Crippen LogP contribution in [-0.4, -0.2) is 17.0 Å². The molecule has 6 heteroatoms. The maximum Gasteiger partial charge on any atom is 0.337 e. The van der Waals surface area contributed by atoms with Crippen molar-refractivity contribution in [2.75, 3.05) is 5.32 Å². The molecule has 0 atom stereocenters. The zero-order valence-corrected chi connectivity index (χ0v) is 14.9. The summed E-state index contributed by atoms with van der Waals surface area (Å²) in [5.41, 5.74) is 2.05. The van der Waals surface area contributed by atoms with Crippen molar-refractivity contribution in [1.82, 2.24) is 0 Å². The van der Waals surface area contributed by atoms with Crippen LogP contribution in [0.3, 0.4) is 0 Å². The van der Waals surface area contributed by atoms with Crippen LogP contribution in [0, 0.1) is 0 Å². The van der Waals surface area contributed by atoms with Gasteiger partial charge in [0.15, 0.2) is 0 Å². The third-order valence-electron chi connectivity index (χ3n) is 3.73. The molecular formula is C20H13Cl2NO3. The highest BCUT2D eigenvalue weighted by Gasteiger charge is 2.15. The van der Waals surface area contributed by atoms with E-state index in [-0.39, 0.29) is 16.8 Å². The summed E-state index contributed by atoms with van der Waals surface area (Å²) in [5, 5.41) is 12.8. The summed E-state index contributed by atoms with van der Waals surface area (Å²) in [7, 11) is 0. The molecule has 0 radical (unpaired) electrons. The summed E-state index contributed by atoms with van der Waals surface area (Å²) in [5.74, 6) is -1.63. The molecule has 130 valence electrons. The predicted molar refractivity (Wildman–Crippen MR) is 103 cm³/mol. The van der Waals surface area contributed by atoms with E-state index in [0.29, 0.717) is 10.0 Å². The van der Waals surface area contributed by atoms with Gasteiger partial charge in [0.2, 0.25) is 0 Å². The predicted octanol–water partition coefficient (Wildman–Crippen LogP) is 5.61. The number of hydrogen-bond donors (Lipinski definition) is 2. The average molecular weight is 386 g/mol. The smallest absolute Gasteiger partial charge is 0.337 e. The van der Waals surface area contributed by atoms with E-state index in [4.69, 9.17) is 23.2 Å². The number of benzene rings is 3. The highest BCUT2D eigenvalue weighted by molar-refractivity contribution is 6.35. The van der Waals surface area contributed by atoms with Gasteiger partial charge in [-0.25, -0.2) is 4.79 Å². The van der Waals surface area contributed by atoms with Gasteiger partial charge in [-0.3, -0.25) is 4.79 Å². The second-order valence-corrected chi connectivity index (χ2v) is 6.42. The molecule has 3 aromatic rings. The van der Waals surface area contributed by atoms with Gasteiger partial charge in [-0.2, -0.15) is 0 Å². The standard InChI is InChI=1S/C20H13Cl2NO3/c21-15-8-14(9-16(22)11-15)19(24)23-18-7-6-13(10-17(18)20(25)26)12-4-2-1-3-5-12/h1-11H,(H,23,24)(H,25,26). The molecule has 2 N–H and O–H groups in total. The Labute approximate surface area is 160 Å². The number of carboxylic acid groups (broad SMARTS) is 1. The monoisotopic (exact) mass is 385 g/mol. The van der Waals surface area contributed by atoms with Crippen molar-refractivity contribution in [2.45, 2.75) is 0 Å². The van der Waals surface area contributed by atoms with Crippen LogP contribution in [0.5, 0.6) is 0 Å². The zero-order valence-electron chi connectivity index (χ0n) is 13.4. The number of aromatic carboxylic acids is 1. The van der Waals surface area contributed by atoms with Crippen LogP contribution in [0.2, 0.25) is 10.0 Å². The second-order valence-electron chi connectivity index (χ2n) is 5.54. The number of nitrogens with one attached hydrogen (secondary N) is 1. The number of carbonyl (C=O) groups is 2. The molecule has 0 aromatic heterocycles. The topological polar surface area (TPSA) is 66.4 Å². The summed E-state index contributed by atoms with van der Waals surface area (Å²) in [6, 6.07) is 18.7. The van der Waals surface area contributed by atoms with Gasteiger partial charge >= 0.3 is 5.97 Å². The van der Waals surface area contributed by atoms with Crippen molar-refractivity contribution >= 4 is 40.8 Å². The van der Waals surface area contributed by atoms with Crippen molar-refractivity contribution in [2.24, 2.45) is 0 Å². The van der Waals surface area contributed by atoms with Crippen molar-refractivity contribution in [3.63, 3.8) is 0 Å². The molecule has 0 heterocycles. The van der Waals surface area contributed by atoms with Crippen LogP contribution in [0.4, 0.5) is 5.69 Å². The van der Waals surface area contributed by atoms with Gasteiger partial charge in [0.1, 0.15) is 0 Å². The third-order valence-corrected chi connectivity index (χ3v) is 4.17. The Kier molecular flexibility index (Phi) is 5.26. The Hall–Kier alpha value is -2.82. The SMILES string of the molecule is O=C(Nc1ccc(-c2ccccc2)cc1C(=O)O)c1cc(Cl)cc(Cl)c1. The lowest BCUT2D eigenvalue weighted by Gasteiger charge is -2.11.